The normalized spacial score (nSPS) is 19.5. The molecule has 3 nitrogen and oxygen atoms in total. The molecule has 0 heterocycles. The smallest absolute Gasteiger partial charge is 0.237 e. The van der Waals surface area contributed by atoms with Gasteiger partial charge in [0.25, 0.3) is 0 Å². The van der Waals surface area contributed by atoms with Crippen molar-refractivity contribution in [2.75, 3.05) is 12.0 Å². The molecule has 0 saturated heterocycles. The van der Waals surface area contributed by atoms with Crippen molar-refractivity contribution >= 4 is 30.1 Å². The van der Waals surface area contributed by atoms with Crippen LogP contribution >= 0.6 is 24.2 Å². The van der Waals surface area contributed by atoms with Crippen molar-refractivity contribution in [2.45, 2.75) is 51.1 Å². The van der Waals surface area contributed by atoms with Crippen LogP contribution in [0.15, 0.2) is 0 Å². The second kappa shape index (κ2) is 9.06. The first-order valence-corrected chi connectivity index (χ1v) is 7.59. The average Bonchev–Trinajstić information content (AvgIpc) is 2.79. The number of thioether (sulfide) groups is 1. The number of carbonyl (C=O) groups excluding carboxylic acids is 1. The van der Waals surface area contributed by atoms with Crippen LogP contribution in [0.1, 0.15) is 39.0 Å². The van der Waals surface area contributed by atoms with Crippen LogP contribution in [-0.4, -0.2) is 30.0 Å². The SMILES string of the molecule is CSCC[C@H](N)C(=O)NC(C)C1CCCC1.Cl. The second-order valence-electron chi connectivity index (χ2n) is 4.73. The van der Waals surface area contributed by atoms with E-state index in [0.29, 0.717) is 5.92 Å². The number of halogens is 1. The Labute approximate surface area is 115 Å². The molecular weight excluding hydrogens is 256 g/mol. The number of amides is 1. The van der Waals surface area contributed by atoms with Crippen LogP contribution in [0.5, 0.6) is 0 Å². The molecule has 3 N–H and O–H groups in total. The van der Waals surface area contributed by atoms with Crippen LogP contribution in [0, 0.1) is 5.92 Å². The fourth-order valence-corrected chi connectivity index (χ4v) is 2.77. The van der Waals surface area contributed by atoms with Gasteiger partial charge in [-0.05, 0) is 44.1 Å². The first kappa shape index (κ1) is 17.1. The first-order chi connectivity index (χ1) is 7.65. The predicted octanol–water partition coefficient (Wildman–Crippen LogP) is 2.18. The largest absolute Gasteiger partial charge is 0.352 e. The number of nitrogens with two attached hydrogens (primary N) is 1. The summed E-state index contributed by atoms with van der Waals surface area (Å²) < 4.78 is 0. The molecule has 1 aliphatic rings. The third-order valence-corrected chi connectivity index (χ3v) is 4.09. The van der Waals surface area contributed by atoms with Crippen molar-refractivity contribution in [3.63, 3.8) is 0 Å². The summed E-state index contributed by atoms with van der Waals surface area (Å²) in [7, 11) is 0. The number of rotatable bonds is 6. The van der Waals surface area contributed by atoms with E-state index in [-0.39, 0.29) is 30.4 Å². The third kappa shape index (κ3) is 5.98. The number of hydrogen-bond acceptors (Lipinski definition) is 3. The molecule has 1 rings (SSSR count). The summed E-state index contributed by atoms with van der Waals surface area (Å²) in [6.07, 6.45) is 7.92. The van der Waals surface area contributed by atoms with Crippen LogP contribution in [0.2, 0.25) is 0 Å². The lowest BCUT2D eigenvalue weighted by molar-refractivity contribution is -0.123. The molecule has 1 saturated carbocycles. The Balaban J connectivity index is 0.00000256. The first-order valence-electron chi connectivity index (χ1n) is 6.20. The van der Waals surface area contributed by atoms with E-state index in [4.69, 9.17) is 5.73 Å². The maximum atomic E-state index is 11.8. The van der Waals surface area contributed by atoms with Gasteiger partial charge in [-0.15, -0.1) is 12.4 Å². The number of hydrogen-bond donors (Lipinski definition) is 2. The highest BCUT2D eigenvalue weighted by atomic mass is 35.5. The Hall–Kier alpha value is 0.0700. The van der Waals surface area contributed by atoms with Crippen molar-refractivity contribution in [3.05, 3.63) is 0 Å². The van der Waals surface area contributed by atoms with E-state index in [1.165, 1.54) is 25.7 Å². The van der Waals surface area contributed by atoms with Gasteiger partial charge in [0.05, 0.1) is 6.04 Å². The molecule has 5 heteroatoms. The molecule has 102 valence electrons. The Morgan fingerprint density at radius 3 is 2.59 bits per heavy atom. The molecule has 1 amide bonds. The zero-order valence-corrected chi connectivity index (χ0v) is 12.4. The molecule has 0 aromatic carbocycles. The van der Waals surface area contributed by atoms with Crippen LogP contribution < -0.4 is 11.1 Å². The van der Waals surface area contributed by atoms with Crippen molar-refractivity contribution in [1.29, 1.82) is 0 Å². The lowest BCUT2D eigenvalue weighted by Gasteiger charge is -2.22. The quantitative estimate of drug-likeness (QED) is 0.784. The summed E-state index contributed by atoms with van der Waals surface area (Å²) in [5.41, 5.74) is 5.82. The summed E-state index contributed by atoms with van der Waals surface area (Å²) in [6, 6.07) is -0.0494. The molecule has 0 bridgehead atoms. The molecule has 0 radical (unpaired) electrons. The minimum absolute atomic E-state index is 0. The number of carbonyl (C=O) groups is 1. The van der Waals surface area contributed by atoms with Crippen molar-refractivity contribution in [2.24, 2.45) is 11.7 Å². The Kier molecular flexibility index (Phi) is 9.10. The summed E-state index contributed by atoms with van der Waals surface area (Å²) in [5, 5.41) is 3.06. The topological polar surface area (TPSA) is 55.1 Å². The molecule has 0 spiro atoms. The van der Waals surface area contributed by atoms with Gasteiger partial charge in [0.1, 0.15) is 0 Å². The fraction of sp³-hybridized carbons (Fsp3) is 0.917. The number of nitrogens with one attached hydrogen (secondary N) is 1. The van der Waals surface area contributed by atoms with Gasteiger partial charge in [0.2, 0.25) is 5.91 Å². The highest BCUT2D eigenvalue weighted by Gasteiger charge is 2.24. The third-order valence-electron chi connectivity index (χ3n) is 3.45. The van der Waals surface area contributed by atoms with Gasteiger partial charge in [-0.3, -0.25) is 4.79 Å². The van der Waals surface area contributed by atoms with Gasteiger partial charge in [0, 0.05) is 6.04 Å². The van der Waals surface area contributed by atoms with Crippen LogP contribution in [0.4, 0.5) is 0 Å². The van der Waals surface area contributed by atoms with E-state index in [9.17, 15) is 4.79 Å². The van der Waals surface area contributed by atoms with Gasteiger partial charge < -0.3 is 11.1 Å². The highest BCUT2D eigenvalue weighted by Crippen LogP contribution is 2.27. The fourth-order valence-electron chi connectivity index (χ4n) is 2.28. The standard InChI is InChI=1S/C12H24N2OS.ClH/c1-9(10-5-3-4-6-10)14-12(15)11(13)7-8-16-2;/h9-11H,3-8,13H2,1-2H3,(H,14,15);1H/t9?,11-;/m0./s1. The van der Waals surface area contributed by atoms with Gasteiger partial charge >= 0.3 is 0 Å². The molecule has 0 aromatic rings. The minimum atomic E-state index is -0.337. The molecule has 2 atom stereocenters. The Morgan fingerprint density at radius 2 is 2.06 bits per heavy atom. The highest BCUT2D eigenvalue weighted by molar-refractivity contribution is 7.98. The molecular formula is C12H25ClN2OS. The monoisotopic (exact) mass is 280 g/mol. The summed E-state index contributed by atoms with van der Waals surface area (Å²) >= 11 is 1.73. The van der Waals surface area contributed by atoms with Crippen molar-refractivity contribution in [3.8, 4) is 0 Å². The minimum Gasteiger partial charge on any atom is -0.352 e. The summed E-state index contributed by atoms with van der Waals surface area (Å²) in [6.45, 7) is 2.11. The Bertz CT molecular complexity index is 223. The van der Waals surface area contributed by atoms with E-state index < -0.39 is 0 Å². The molecule has 17 heavy (non-hydrogen) atoms. The average molecular weight is 281 g/mol. The van der Waals surface area contributed by atoms with Crippen molar-refractivity contribution in [1.82, 2.24) is 5.32 Å². The van der Waals surface area contributed by atoms with Gasteiger partial charge in [-0.2, -0.15) is 11.8 Å². The van der Waals surface area contributed by atoms with E-state index in [0.717, 1.165) is 12.2 Å². The Morgan fingerprint density at radius 1 is 1.47 bits per heavy atom. The molecule has 1 aliphatic carbocycles. The maximum absolute atomic E-state index is 11.8. The van der Waals surface area contributed by atoms with Gasteiger partial charge in [-0.1, -0.05) is 12.8 Å². The van der Waals surface area contributed by atoms with Crippen molar-refractivity contribution < 1.29 is 4.79 Å². The molecule has 1 fully saturated rings. The van der Waals surface area contributed by atoms with Crippen LogP contribution in [-0.2, 0) is 4.79 Å². The van der Waals surface area contributed by atoms with Crippen LogP contribution in [0.25, 0.3) is 0 Å². The van der Waals surface area contributed by atoms with Crippen LogP contribution in [0.3, 0.4) is 0 Å². The zero-order chi connectivity index (χ0) is 12.0. The lowest BCUT2D eigenvalue weighted by atomic mass is 9.99. The van der Waals surface area contributed by atoms with E-state index in [1.807, 2.05) is 6.26 Å². The molecule has 0 aromatic heterocycles. The predicted molar refractivity (Wildman–Crippen MR) is 77.8 cm³/mol. The van der Waals surface area contributed by atoms with Gasteiger partial charge in [0.15, 0.2) is 0 Å². The zero-order valence-electron chi connectivity index (χ0n) is 10.8. The molecule has 1 unspecified atom stereocenters. The van der Waals surface area contributed by atoms with Gasteiger partial charge in [-0.25, -0.2) is 0 Å². The van der Waals surface area contributed by atoms with E-state index in [2.05, 4.69) is 12.2 Å². The summed E-state index contributed by atoms with van der Waals surface area (Å²) in [5.74, 6) is 1.64. The second-order valence-corrected chi connectivity index (χ2v) is 5.72. The maximum Gasteiger partial charge on any atom is 0.237 e. The van der Waals surface area contributed by atoms with E-state index >= 15 is 0 Å². The lowest BCUT2D eigenvalue weighted by Crippen LogP contribution is -2.46. The van der Waals surface area contributed by atoms with E-state index in [1.54, 1.807) is 11.8 Å². The molecule has 0 aliphatic heterocycles. The summed E-state index contributed by atoms with van der Waals surface area (Å²) in [4.78, 5) is 11.8.